The van der Waals surface area contributed by atoms with Gasteiger partial charge in [0.15, 0.2) is 0 Å². The molecule has 2 aromatic heterocycles. The third-order valence-electron chi connectivity index (χ3n) is 2.38. The van der Waals surface area contributed by atoms with Crippen molar-refractivity contribution < 1.29 is 0 Å². The summed E-state index contributed by atoms with van der Waals surface area (Å²) in [5.74, 6) is 1.06. The fourth-order valence-corrected chi connectivity index (χ4v) is 2.06. The van der Waals surface area contributed by atoms with Crippen molar-refractivity contribution in [1.29, 1.82) is 0 Å². The van der Waals surface area contributed by atoms with E-state index in [9.17, 15) is 0 Å². The number of aromatic nitrogens is 4. The van der Waals surface area contributed by atoms with E-state index in [1.165, 1.54) is 11.5 Å². The number of likely N-dealkylation sites (N-methyl/N-ethyl adjacent to an activating group) is 1. The summed E-state index contributed by atoms with van der Waals surface area (Å²) < 4.78 is 5.89. The van der Waals surface area contributed by atoms with Crippen molar-refractivity contribution in [3.8, 4) is 0 Å². The molecule has 0 radical (unpaired) electrons. The van der Waals surface area contributed by atoms with E-state index in [1.807, 2.05) is 31.1 Å². The molecule has 15 heavy (non-hydrogen) atoms. The van der Waals surface area contributed by atoms with Gasteiger partial charge in [-0.05, 0) is 18.6 Å². The zero-order valence-corrected chi connectivity index (χ0v) is 9.53. The second-order valence-corrected chi connectivity index (χ2v) is 4.14. The van der Waals surface area contributed by atoms with Crippen LogP contribution in [0.15, 0.2) is 18.6 Å². The summed E-state index contributed by atoms with van der Waals surface area (Å²) in [5, 5.41) is 7.09. The Balaban J connectivity index is 2.13. The third kappa shape index (κ3) is 2.21. The second kappa shape index (κ2) is 4.50. The maximum absolute atomic E-state index is 4.30. The monoisotopic (exact) mass is 223 g/mol. The van der Waals surface area contributed by atoms with E-state index in [0.29, 0.717) is 0 Å². The summed E-state index contributed by atoms with van der Waals surface area (Å²) in [6, 6.07) is 0.242. The van der Waals surface area contributed by atoms with Crippen molar-refractivity contribution in [1.82, 2.24) is 24.5 Å². The molecule has 1 N–H and O–H groups in total. The van der Waals surface area contributed by atoms with Gasteiger partial charge in [-0.15, -0.1) is 5.10 Å². The zero-order valence-electron chi connectivity index (χ0n) is 8.71. The van der Waals surface area contributed by atoms with Crippen LogP contribution in [0.1, 0.15) is 16.7 Å². The molecule has 0 saturated heterocycles. The third-order valence-corrected chi connectivity index (χ3v) is 3.15. The second-order valence-electron chi connectivity index (χ2n) is 3.32. The molecule has 0 aromatic carbocycles. The van der Waals surface area contributed by atoms with E-state index in [-0.39, 0.29) is 6.04 Å². The topological polar surface area (TPSA) is 55.6 Å². The standard InChI is InChI=1S/C9H13N5S/c1-10-7(8-6-12-13-15-8)5-9-11-3-4-14(9)2/h3-4,6-7,10H,5H2,1-2H3. The minimum Gasteiger partial charge on any atom is -0.338 e. The molecule has 0 spiro atoms. The first kappa shape index (κ1) is 10.3. The van der Waals surface area contributed by atoms with Gasteiger partial charge in [0.2, 0.25) is 0 Å². The van der Waals surface area contributed by atoms with Gasteiger partial charge in [0.1, 0.15) is 5.82 Å². The van der Waals surface area contributed by atoms with E-state index in [4.69, 9.17) is 0 Å². The van der Waals surface area contributed by atoms with Crippen LogP contribution in [0.3, 0.4) is 0 Å². The summed E-state index contributed by atoms with van der Waals surface area (Å²) in [4.78, 5) is 5.44. The SMILES string of the molecule is CNC(Cc1nccn1C)c1cnns1. The fraction of sp³-hybridized carbons (Fsp3) is 0.444. The molecule has 0 amide bonds. The predicted octanol–water partition coefficient (Wildman–Crippen LogP) is 0.775. The maximum Gasteiger partial charge on any atom is 0.110 e. The molecular weight excluding hydrogens is 210 g/mol. The fourth-order valence-electron chi connectivity index (χ4n) is 1.45. The highest BCUT2D eigenvalue weighted by Crippen LogP contribution is 2.18. The Morgan fingerprint density at radius 3 is 3.00 bits per heavy atom. The van der Waals surface area contributed by atoms with Crippen molar-refractivity contribution in [3.63, 3.8) is 0 Å². The highest BCUT2D eigenvalue weighted by molar-refractivity contribution is 7.05. The van der Waals surface area contributed by atoms with Crippen LogP contribution in [0.25, 0.3) is 0 Å². The van der Waals surface area contributed by atoms with E-state index >= 15 is 0 Å². The maximum atomic E-state index is 4.30. The van der Waals surface area contributed by atoms with Crippen LogP contribution in [0.5, 0.6) is 0 Å². The first-order chi connectivity index (χ1) is 7.31. The summed E-state index contributed by atoms with van der Waals surface area (Å²) in [6.45, 7) is 0. The van der Waals surface area contributed by atoms with Crippen LogP contribution in [-0.4, -0.2) is 26.2 Å². The first-order valence-corrected chi connectivity index (χ1v) is 5.49. The van der Waals surface area contributed by atoms with E-state index in [2.05, 4.69) is 19.9 Å². The van der Waals surface area contributed by atoms with Gasteiger partial charge in [-0.2, -0.15) is 0 Å². The van der Waals surface area contributed by atoms with Gasteiger partial charge >= 0.3 is 0 Å². The summed E-state index contributed by atoms with van der Waals surface area (Å²) in [6.07, 6.45) is 6.42. The van der Waals surface area contributed by atoms with Gasteiger partial charge in [-0.1, -0.05) is 4.49 Å². The average Bonchev–Trinajstić information content (AvgIpc) is 2.86. The Morgan fingerprint density at radius 2 is 2.47 bits per heavy atom. The van der Waals surface area contributed by atoms with Crippen LogP contribution in [0, 0.1) is 0 Å². The minimum atomic E-state index is 0.242. The molecule has 0 aliphatic carbocycles. The van der Waals surface area contributed by atoms with Gasteiger partial charge in [0, 0.05) is 25.9 Å². The highest BCUT2D eigenvalue weighted by Gasteiger charge is 2.14. The minimum absolute atomic E-state index is 0.242. The van der Waals surface area contributed by atoms with Crippen molar-refractivity contribution in [2.45, 2.75) is 12.5 Å². The number of nitrogens with one attached hydrogen (secondary N) is 1. The number of hydrogen-bond acceptors (Lipinski definition) is 5. The van der Waals surface area contributed by atoms with Gasteiger partial charge in [0.05, 0.1) is 17.1 Å². The molecule has 5 nitrogen and oxygen atoms in total. The van der Waals surface area contributed by atoms with Gasteiger partial charge in [-0.3, -0.25) is 0 Å². The van der Waals surface area contributed by atoms with Crippen LogP contribution < -0.4 is 5.32 Å². The van der Waals surface area contributed by atoms with Gasteiger partial charge < -0.3 is 9.88 Å². The molecule has 80 valence electrons. The lowest BCUT2D eigenvalue weighted by atomic mass is 10.2. The number of imidazole rings is 1. The molecule has 1 atom stereocenters. The molecule has 0 fully saturated rings. The Hall–Kier alpha value is -1.27. The van der Waals surface area contributed by atoms with E-state index in [0.717, 1.165) is 17.1 Å². The normalized spacial score (nSPS) is 12.9. The first-order valence-electron chi connectivity index (χ1n) is 4.72. The van der Waals surface area contributed by atoms with Crippen LogP contribution in [0.4, 0.5) is 0 Å². The quantitative estimate of drug-likeness (QED) is 0.832. The molecule has 2 heterocycles. The van der Waals surface area contributed by atoms with Crippen molar-refractivity contribution in [2.24, 2.45) is 7.05 Å². The molecule has 2 rings (SSSR count). The van der Waals surface area contributed by atoms with Crippen LogP contribution in [0.2, 0.25) is 0 Å². The Labute approximate surface area is 92.3 Å². The van der Waals surface area contributed by atoms with E-state index < -0.39 is 0 Å². The molecule has 2 aromatic rings. The molecule has 0 aliphatic heterocycles. The molecule has 0 aliphatic rings. The molecule has 6 heteroatoms. The summed E-state index contributed by atoms with van der Waals surface area (Å²) in [7, 11) is 3.94. The predicted molar refractivity (Wildman–Crippen MR) is 58.6 cm³/mol. The summed E-state index contributed by atoms with van der Waals surface area (Å²) >= 11 is 1.42. The van der Waals surface area contributed by atoms with Crippen molar-refractivity contribution in [2.75, 3.05) is 7.05 Å². The largest absolute Gasteiger partial charge is 0.338 e. The van der Waals surface area contributed by atoms with Crippen LogP contribution in [-0.2, 0) is 13.5 Å². The highest BCUT2D eigenvalue weighted by atomic mass is 32.1. The van der Waals surface area contributed by atoms with E-state index in [1.54, 1.807) is 6.20 Å². The molecule has 0 bridgehead atoms. The average molecular weight is 223 g/mol. The van der Waals surface area contributed by atoms with Gasteiger partial charge in [0.25, 0.3) is 0 Å². The number of aryl methyl sites for hydroxylation is 1. The summed E-state index contributed by atoms with van der Waals surface area (Å²) in [5.41, 5.74) is 0. The lowest BCUT2D eigenvalue weighted by molar-refractivity contribution is 0.571. The zero-order chi connectivity index (χ0) is 10.7. The lowest BCUT2D eigenvalue weighted by Crippen LogP contribution is -2.19. The number of hydrogen-bond donors (Lipinski definition) is 1. The number of nitrogens with zero attached hydrogens (tertiary/aromatic N) is 4. The van der Waals surface area contributed by atoms with Crippen molar-refractivity contribution >= 4 is 11.5 Å². The lowest BCUT2D eigenvalue weighted by Gasteiger charge is -2.12. The van der Waals surface area contributed by atoms with Gasteiger partial charge in [-0.25, -0.2) is 4.98 Å². The van der Waals surface area contributed by atoms with Crippen molar-refractivity contribution in [3.05, 3.63) is 29.3 Å². The molecule has 1 unspecified atom stereocenters. The Kier molecular flexibility index (Phi) is 3.08. The van der Waals surface area contributed by atoms with Crippen LogP contribution >= 0.6 is 11.5 Å². The smallest absolute Gasteiger partial charge is 0.110 e. The Bertz CT molecular complexity index is 408. The Morgan fingerprint density at radius 1 is 1.60 bits per heavy atom. The number of rotatable bonds is 4. The molecular formula is C9H13N5S. The molecule has 0 saturated carbocycles.